The van der Waals surface area contributed by atoms with E-state index in [0.717, 1.165) is 16.9 Å². The van der Waals surface area contributed by atoms with Crippen LogP contribution in [0.3, 0.4) is 0 Å². The number of allylic oxidation sites excluding steroid dienone is 2. The van der Waals surface area contributed by atoms with Crippen molar-refractivity contribution in [2.75, 3.05) is 0 Å². The van der Waals surface area contributed by atoms with Crippen LogP contribution in [0.25, 0.3) is 6.08 Å². The molecule has 152 valence electrons. The standard InChI is InChI=1S/C26H30O3/c1-19(2)26(17-11-14-20-12-7-6-8-13-20)21-15-9-10-16-22(21)28-18-23(26)29-24(27)25(3,4)5/h6-16,18-19H,17H2,1-5H3/b14-11+/t26-/m1/s1. The first-order chi connectivity index (χ1) is 13.7. The Hall–Kier alpha value is -2.81. The summed E-state index contributed by atoms with van der Waals surface area (Å²) < 4.78 is 11.8. The number of ether oxygens (including phenoxy) is 2. The van der Waals surface area contributed by atoms with Gasteiger partial charge in [-0.2, -0.15) is 0 Å². The van der Waals surface area contributed by atoms with Gasteiger partial charge >= 0.3 is 5.97 Å². The summed E-state index contributed by atoms with van der Waals surface area (Å²) in [5.41, 5.74) is 1.11. The van der Waals surface area contributed by atoms with Gasteiger partial charge in [0.2, 0.25) is 0 Å². The normalized spacial score (nSPS) is 18.9. The van der Waals surface area contributed by atoms with Crippen LogP contribution in [0.1, 0.15) is 52.2 Å². The third-order valence-electron chi connectivity index (χ3n) is 5.45. The van der Waals surface area contributed by atoms with E-state index in [1.807, 2.05) is 57.2 Å². The smallest absolute Gasteiger partial charge is 0.316 e. The first kappa shape index (κ1) is 20.9. The molecule has 1 heterocycles. The zero-order valence-corrected chi connectivity index (χ0v) is 17.9. The fraction of sp³-hybridized carbons (Fsp3) is 0.346. The number of hydrogen-bond donors (Lipinski definition) is 0. The molecule has 0 bridgehead atoms. The highest BCUT2D eigenvalue weighted by Crippen LogP contribution is 2.50. The Morgan fingerprint density at radius 2 is 1.72 bits per heavy atom. The molecule has 0 fully saturated rings. The fourth-order valence-corrected chi connectivity index (χ4v) is 3.65. The quantitative estimate of drug-likeness (QED) is 0.546. The second-order valence-corrected chi connectivity index (χ2v) is 8.88. The molecule has 3 nitrogen and oxygen atoms in total. The van der Waals surface area contributed by atoms with E-state index in [-0.39, 0.29) is 11.9 Å². The molecule has 3 rings (SSSR count). The first-order valence-corrected chi connectivity index (χ1v) is 10.2. The highest BCUT2D eigenvalue weighted by molar-refractivity contribution is 5.77. The van der Waals surface area contributed by atoms with Crippen LogP contribution in [-0.4, -0.2) is 5.97 Å². The minimum Gasteiger partial charge on any atom is -0.461 e. The monoisotopic (exact) mass is 390 g/mol. The van der Waals surface area contributed by atoms with E-state index in [1.54, 1.807) is 6.26 Å². The van der Waals surface area contributed by atoms with E-state index >= 15 is 0 Å². The first-order valence-electron chi connectivity index (χ1n) is 10.2. The van der Waals surface area contributed by atoms with Gasteiger partial charge in [-0.1, -0.05) is 74.5 Å². The van der Waals surface area contributed by atoms with Crippen LogP contribution in [0.4, 0.5) is 0 Å². The highest BCUT2D eigenvalue weighted by Gasteiger charge is 2.46. The maximum absolute atomic E-state index is 12.7. The van der Waals surface area contributed by atoms with Crippen LogP contribution < -0.4 is 4.74 Å². The van der Waals surface area contributed by atoms with Gasteiger partial charge in [-0.25, -0.2) is 0 Å². The van der Waals surface area contributed by atoms with Crippen molar-refractivity contribution in [3.63, 3.8) is 0 Å². The number of hydrogen-bond acceptors (Lipinski definition) is 3. The molecule has 0 N–H and O–H groups in total. The van der Waals surface area contributed by atoms with Gasteiger partial charge in [0.25, 0.3) is 0 Å². The topological polar surface area (TPSA) is 35.5 Å². The summed E-state index contributed by atoms with van der Waals surface area (Å²) >= 11 is 0. The summed E-state index contributed by atoms with van der Waals surface area (Å²) in [6.07, 6.45) is 6.59. The van der Waals surface area contributed by atoms with Crippen molar-refractivity contribution in [3.05, 3.63) is 83.8 Å². The Balaban J connectivity index is 2.03. The van der Waals surface area contributed by atoms with Crippen molar-refractivity contribution in [1.29, 1.82) is 0 Å². The van der Waals surface area contributed by atoms with Gasteiger partial charge in [0.05, 0.1) is 10.8 Å². The molecule has 0 saturated carbocycles. The van der Waals surface area contributed by atoms with Crippen LogP contribution in [0, 0.1) is 11.3 Å². The molecule has 0 radical (unpaired) electrons. The predicted octanol–water partition coefficient (Wildman–Crippen LogP) is 6.51. The molecule has 0 saturated heterocycles. The average molecular weight is 391 g/mol. The minimum absolute atomic E-state index is 0.187. The Morgan fingerprint density at radius 3 is 2.38 bits per heavy atom. The van der Waals surface area contributed by atoms with Crippen LogP contribution in [-0.2, 0) is 14.9 Å². The molecule has 0 aliphatic carbocycles. The lowest BCUT2D eigenvalue weighted by molar-refractivity contribution is -0.150. The summed E-state index contributed by atoms with van der Waals surface area (Å²) in [6.45, 7) is 9.91. The van der Waals surface area contributed by atoms with E-state index < -0.39 is 10.8 Å². The van der Waals surface area contributed by atoms with E-state index in [1.165, 1.54) is 0 Å². The zero-order valence-electron chi connectivity index (χ0n) is 17.9. The van der Waals surface area contributed by atoms with Crippen LogP contribution in [0.15, 0.2) is 72.7 Å². The molecule has 1 aliphatic rings. The summed E-state index contributed by atoms with van der Waals surface area (Å²) in [5.74, 6) is 1.31. The van der Waals surface area contributed by atoms with E-state index in [2.05, 4.69) is 44.2 Å². The second-order valence-electron chi connectivity index (χ2n) is 8.88. The molecule has 0 spiro atoms. The Kier molecular flexibility index (Phi) is 5.97. The minimum atomic E-state index is -0.597. The molecule has 0 aromatic heterocycles. The van der Waals surface area contributed by atoms with Gasteiger partial charge in [0.15, 0.2) is 5.76 Å². The summed E-state index contributed by atoms with van der Waals surface area (Å²) in [6, 6.07) is 18.2. The predicted molar refractivity (Wildman–Crippen MR) is 117 cm³/mol. The molecule has 0 amide bonds. The third kappa shape index (κ3) is 4.29. The number of esters is 1. The summed E-state index contributed by atoms with van der Waals surface area (Å²) in [5, 5.41) is 0. The van der Waals surface area contributed by atoms with Crippen LogP contribution in [0.5, 0.6) is 5.75 Å². The fourth-order valence-electron chi connectivity index (χ4n) is 3.65. The Bertz CT molecular complexity index is 916. The van der Waals surface area contributed by atoms with Gasteiger partial charge in [0, 0.05) is 5.56 Å². The molecule has 1 atom stereocenters. The zero-order chi connectivity index (χ0) is 21.1. The third-order valence-corrected chi connectivity index (χ3v) is 5.45. The van der Waals surface area contributed by atoms with Crippen molar-refractivity contribution in [1.82, 2.24) is 0 Å². The highest BCUT2D eigenvalue weighted by atomic mass is 16.6. The number of rotatable bonds is 5. The van der Waals surface area contributed by atoms with E-state index in [0.29, 0.717) is 12.2 Å². The molecular formula is C26H30O3. The van der Waals surface area contributed by atoms with Crippen molar-refractivity contribution in [2.24, 2.45) is 11.3 Å². The molecule has 1 aliphatic heterocycles. The maximum atomic E-state index is 12.7. The van der Waals surface area contributed by atoms with Crippen molar-refractivity contribution >= 4 is 12.0 Å². The molecule has 3 heteroatoms. The maximum Gasteiger partial charge on any atom is 0.316 e. The number of benzene rings is 2. The van der Waals surface area contributed by atoms with Gasteiger partial charge in [0.1, 0.15) is 12.0 Å². The Morgan fingerprint density at radius 1 is 1.07 bits per heavy atom. The lowest BCUT2D eigenvalue weighted by Crippen LogP contribution is -2.40. The number of fused-ring (bicyclic) bond motifs is 1. The molecule has 29 heavy (non-hydrogen) atoms. The van der Waals surface area contributed by atoms with Gasteiger partial charge < -0.3 is 9.47 Å². The van der Waals surface area contributed by atoms with Crippen molar-refractivity contribution in [3.8, 4) is 5.75 Å². The summed E-state index contributed by atoms with van der Waals surface area (Å²) in [7, 11) is 0. The van der Waals surface area contributed by atoms with Crippen LogP contribution >= 0.6 is 0 Å². The van der Waals surface area contributed by atoms with Crippen molar-refractivity contribution in [2.45, 2.75) is 46.5 Å². The molecule has 2 aromatic rings. The number of para-hydroxylation sites is 1. The lowest BCUT2D eigenvalue weighted by atomic mass is 9.67. The lowest BCUT2D eigenvalue weighted by Gasteiger charge is -2.41. The average Bonchev–Trinajstić information content (AvgIpc) is 2.69. The van der Waals surface area contributed by atoms with Crippen LogP contribution in [0.2, 0.25) is 0 Å². The van der Waals surface area contributed by atoms with Gasteiger partial charge in [-0.3, -0.25) is 4.79 Å². The molecule has 0 unspecified atom stereocenters. The largest absolute Gasteiger partial charge is 0.461 e. The van der Waals surface area contributed by atoms with Crippen molar-refractivity contribution < 1.29 is 14.3 Å². The number of carbonyl (C=O) groups is 1. The molecule has 2 aromatic carbocycles. The summed E-state index contributed by atoms with van der Waals surface area (Å²) in [4.78, 5) is 12.7. The second kappa shape index (κ2) is 8.28. The van der Waals surface area contributed by atoms with Gasteiger partial charge in [-0.05, 0) is 44.7 Å². The Labute approximate surface area is 174 Å². The van der Waals surface area contributed by atoms with E-state index in [9.17, 15) is 4.79 Å². The van der Waals surface area contributed by atoms with E-state index in [4.69, 9.17) is 9.47 Å². The van der Waals surface area contributed by atoms with Gasteiger partial charge in [-0.15, -0.1) is 0 Å². The molecular weight excluding hydrogens is 360 g/mol. The number of carbonyl (C=O) groups excluding carboxylic acids is 1. The SMILES string of the molecule is CC(C)[C@@]1(C/C=C/c2ccccc2)C(OC(=O)C(C)(C)C)=COc2ccccc21.